The standard InChI is InChI=1S/C28H32FN7O2/c1-17-9-22(32-24(10-17)33-25-12-19(3)34-35-25)28(38)8-7-27(4,16-28)23(37)11-18(2)20-5-6-26(30-13-20)36-15-21(29)14-31-36/h5-6,9-10,12-15,18,38H,7-8,11,16H2,1-4H3,(H2,32,33,34,35)/t18-,27+,28-/m1/s1. The molecule has 10 heteroatoms. The molecule has 1 fully saturated rings. The molecule has 1 aliphatic rings. The molecule has 3 atom stereocenters. The molecule has 9 nitrogen and oxygen atoms in total. The summed E-state index contributed by atoms with van der Waals surface area (Å²) in [4.78, 5) is 22.6. The zero-order valence-corrected chi connectivity index (χ0v) is 22.0. The lowest BCUT2D eigenvalue weighted by molar-refractivity contribution is -0.129. The van der Waals surface area contributed by atoms with Gasteiger partial charge < -0.3 is 10.4 Å². The topological polar surface area (TPSA) is 122 Å². The van der Waals surface area contributed by atoms with Gasteiger partial charge in [0.15, 0.2) is 17.5 Å². The molecule has 0 bridgehead atoms. The van der Waals surface area contributed by atoms with Gasteiger partial charge in [0.1, 0.15) is 17.2 Å². The maximum atomic E-state index is 13.5. The van der Waals surface area contributed by atoms with E-state index in [1.165, 1.54) is 10.9 Å². The van der Waals surface area contributed by atoms with Crippen LogP contribution in [0.25, 0.3) is 5.82 Å². The maximum absolute atomic E-state index is 13.5. The minimum atomic E-state index is -1.19. The van der Waals surface area contributed by atoms with Crippen LogP contribution in [-0.2, 0) is 10.4 Å². The van der Waals surface area contributed by atoms with Crippen molar-refractivity contribution in [3.8, 4) is 5.82 Å². The highest BCUT2D eigenvalue weighted by Gasteiger charge is 2.50. The van der Waals surface area contributed by atoms with Crippen LogP contribution in [0.2, 0.25) is 0 Å². The number of aromatic nitrogens is 6. The number of halogens is 1. The van der Waals surface area contributed by atoms with Crippen LogP contribution >= 0.6 is 0 Å². The molecule has 1 aliphatic carbocycles. The van der Waals surface area contributed by atoms with Gasteiger partial charge in [0.05, 0.1) is 18.1 Å². The summed E-state index contributed by atoms with van der Waals surface area (Å²) in [6.45, 7) is 7.81. The smallest absolute Gasteiger partial charge is 0.161 e. The summed E-state index contributed by atoms with van der Waals surface area (Å²) in [6, 6.07) is 9.32. The molecule has 0 radical (unpaired) electrons. The third-order valence-electron chi connectivity index (χ3n) is 7.47. The molecule has 198 valence electrons. The van der Waals surface area contributed by atoms with Crippen LogP contribution in [0.15, 0.2) is 48.9 Å². The lowest BCUT2D eigenvalue weighted by atomic mass is 9.78. The Hall–Kier alpha value is -3.92. The first kappa shape index (κ1) is 25.7. The molecule has 5 rings (SSSR count). The fraction of sp³-hybridized carbons (Fsp3) is 0.393. The second-order valence-corrected chi connectivity index (χ2v) is 10.8. The van der Waals surface area contributed by atoms with Gasteiger partial charge in [0, 0.05) is 29.8 Å². The van der Waals surface area contributed by atoms with Crippen LogP contribution in [0.4, 0.5) is 16.0 Å². The molecule has 0 aromatic carbocycles. The second kappa shape index (κ2) is 9.75. The first-order valence-electron chi connectivity index (χ1n) is 12.7. The minimum Gasteiger partial charge on any atom is -0.384 e. The number of ketones is 1. The minimum absolute atomic E-state index is 0.0610. The normalized spacial score (nSPS) is 21.9. The zero-order valence-electron chi connectivity index (χ0n) is 22.0. The number of aliphatic hydroxyl groups is 1. The van der Waals surface area contributed by atoms with E-state index in [0.29, 0.717) is 48.8 Å². The van der Waals surface area contributed by atoms with Gasteiger partial charge in [-0.25, -0.2) is 19.0 Å². The predicted octanol–water partition coefficient (Wildman–Crippen LogP) is 5.03. The van der Waals surface area contributed by atoms with Crippen LogP contribution in [-0.4, -0.2) is 40.8 Å². The van der Waals surface area contributed by atoms with E-state index in [1.54, 1.807) is 12.3 Å². The lowest BCUT2D eigenvalue weighted by Crippen LogP contribution is -2.31. The van der Waals surface area contributed by atoms with Gasteiger partial charge in [-0.15, -0.1) is 0 Å². The number of aromatic amines is 1. The van der Waals surface area contributed by atoms with Gasteiger partial charge in [0.25, 0.3) is 0 Å². The molecule has 4 aromatic heterocycles. The number of aryl methyl sites for hydroxylation is 2. The summed E-state index contributed by atoms with van der Waals surface area (Å²) in [5.74, 6) is 1.37. The van der Waals surface area contributed by atoms with Crippen molar-refractivity contribution in [1.29, 1.82) is 0 Å². The third-order valence-corrected chi connectivity index (χ3v) is 7.47. The van der Waals surface area contributed by atoms with Crippen molar-refractivity contribution in [1.82, 2.24) is 29.9 Å². The second-order valence-electron chi connectivity index (χ2n) is 10.8. The number of nitrogens with zero attached hydrogens (tertiary/aromatic N) is 5. The number of hydrogen-bond donors (Lipinski definition) is 3. The number of hydrogen-bond acceptors (Lipinski definition) is 7. The van der Waals surface area contributed by atoms with Gasteiger partial charge in [-0.05, 0) is 68.4 Å². The van der Waals surface area contributed by atoms with Gasteiger partial charge in [0.2, 0.25) is 0 Å². The first-order valence-corrected chi connectivity index (χ1v) is 12.7. The van der Waals surface area contributed by atoms with Crippen molar-refractivity contribution >= 4 is 17.4 Å². The van der Waals surface area contributed by atoms with E-state index in [2.05, 4.69) is 25.6 Å². The molecule has 0 amide bonds. The highest BCUT2D eigenvalue weighted by Crippen LogP contribution is 2.50. The van der Waals surface area contributed by atoms with E-state index < -0.39 is 16.8 Å². The fourth-order valence-corrected chi connectivity index (χ4v) is 5.24. The SMILES string of the molecule is Cc1cc(Nc2cc(C)[nH]n2)nc([C@@]2(O)CC[C@](C)(C(=O)C[C@@H](C)c3ccc(-n4cc(F)cn4)nc3)C2)c1. The summed E-state index contributed by atoms with van der Waals surface area (Å²) in [5, 5.41) is 25.9. The number of carbonyl (C=O) groups is 1. The number of pyridine rings is 2. The molecule has 4 aromatic rings. The summed E-state index contributed by atoms with van der Waals surface area (Å²) in [5.41, 5.74) is 1.50. The van der Waals surface area contributed by atoms with E-state index in [4.69, 9.17) is 4.98 Å². The molecule has 0 spiro atoms. The number of anilines is 2. The van der Waals surface area contributed by atoms with E-state index in [9.17, 15) is 14.3 Å². The number of rotatable bonds is 8. The quantitative estimate of drug-likeness (QED) is 0.300. The van der Waals surface area contributed by atoms with Crippen molar-refractivity contribution in [2.45, 2.75) is 64.9 Å². The largest absolute Gasteiger partial charge is 0.384 e. The molecule has 1 saturated carbocycles. The van der Waals surface area contributed by atoms with Crippen LogP contribution < -0.4 is 5.32 Å². The number of nitrogens with one attached hydrogen (secondary N) is 2. The summed E-state index contributed by atoms with van der Waals surface area (Å²) < 4.78 is 14.6. The summed E-state index contributed by atoms with van der Waals surface area (Å²) in [7, 11) is 0. The first-order chi connectivity index (χ1) is 18.0. The Kier molecular flexibility index (Phi) is 6.60. The number of H-pyrrole nitrogens is 1. The van der Waals surface area contributed by atoms with Crippen molar-refractivity contribution in [3.63, 3.8) is 0 Å². The molecular weight excluding hydrogens is 485 g/mol. The van der Waals surface area contributed by atoms with E-state index in [0.717, 1.165) is 23.0 Å². The number of Topliss-reactive ketones (excluding diaryl/α,β-unsaturated/α-hetero) is 1. The van der Waals surface area contributed by atoms with Gasteiger partial charge >= 0.3 is 0 Å². The van der Waals surface area contributed by atoms with Crippen LogP contribution in [0.3, 0.4) is 0 Å². The van der Waals surface area contributed by atoms with E-state index >= 15 is 0 Å². The Morgan fingerprint density at radius 3 is 2.68 bits per heavy atom. The lowest BCUT2D eigenvalue weighted by Gasteiger charge is -2.28. The highest BCUT2D eigenvalue weighted by molar-refractivity contribution is 5.85. The number of carbonyl (C=O) groups excluding carboxylic acids is 1. The highest BCUT2D eigenvalue weighted by atomic mass is 19.1. The van der Waals surface area contributed by atoms with Gasteiger partial charge in [-0.2, -0.15) is 10.2 Å². The molecule has 38 heavy (non-hydrogen) atoms. The van der Waals surface area contributed by atoms with Crippen molar-refractivity contribution in [3.05, 3.63) is 77.3 Å². The molecule has 3 N–H and O–H groups in total. The van der Waals surface area contributed by atoms with Crippen LogP contribution in [0, 0.1) is 25.1 Å². The summed E-state index contributed by atoms with van der Waals surface area (Å²) in [6.07, 6.45) is 5.76. The molecular formula is C28H32FN7O2. The van der Waals surface area contributed by atoms with Crippen molar-refractivity contribution in [2.24, 2.45) is 5.41 Å². The molecule has 0 unspecified atom stereocenters. The Morgan fingerprint density at radius 2 is 2.03 bits per heavy atom. The monoisotopic (exact) mass is 517 g/mol. The third kappa shape index (κ3) is 5.22. The van der Waals surface area contributed by atoms with Gasteiger partial charge in [-0.3, -0.25) is 9.89 Å². The average Bonchev–Trinajstić information content (AvgIpc) is 3.58. The van der Waals surface area contributed by atoms with E-state index in [1.807, 2.05) is 52.0 Å². The Bertz CT molecular complexity index is 1460. The Balaban J connectivity index is 1.27. The maximum Gasteiger partial charge on any atom is 0.161 e. The van der Waals surface area contributed by atoms with E-state index in [-0.39, 0.29) is 11.7 Å². The fourth-order valence-electron chi connectivity index (χ4n) is 5.24. The summed E-state index contributed by atoms with van der Waals surface area (Å²) >= 11 is 0. The average molecular weight is 518 g/mol. The zero-order chi connectivity index (χ0) is 27.1. The molecule has 0 aliphatic heterocycles. The van der Waals surface area contributed by atoms with Crippen LogP contribution in [0.5, 0.6) is 0 Å². The van der Waals surface area contributed by atoms with Crippen molar-refractivity contribution in [2.75, 3.05) is 5.32 Å². The van der Waals surface area contributed by atoms with Crippen molar-refractivity contribution < 1.29 is 14.3 Å². The molecule has 4 heterocycles. The Morgan fingerprint density at radius 1 is 1.21 bits per heavy atom. The Labute approximate surface area is 220 Å². The molecule has 0 saturated heterocycles. The predicted molar refractivity (Wildman–Crippen MR) is 141 cm³/mol. The van der Waals surface area contributed by atoms with Gasteiger partial charge in [-0.1, -0.05) is 19.9 Å². The van der Waals surface area contributed by atoms with Crippen LogP contribution in [0.1, 0.15) is 68.0 Å².